The smallest absolute Gasteiger partial charge is 0.231 e. The number of aromatic hydroxyl groups is 1. The third-order valence-corrected chi connectivity index (χ3v) is 2.43. The molecule has 0 atom stereocenters. The van der Waals surface area contributed by atoms with Crippen molar-refractivity contribution in [3.63, 3.8) is 0 Å². The third kappa shape index (κ3) is 4.60. The molecule has 1 aromatic rings. The van der Waals surface area contributed by atoms with Gasteiger partial charge in [0.2, 0.25) is 11.8 Å². The normalized spacial score (nSPS) is 10.6. The molecule has 6 nitrogen and oxygen atoms in total. The number of phenols is 1. The first-order chi connectivity index (χ1) is 8.38. The monoisotopic (exact) mass is 271 g/mol. The first kappa shape index (κ1) is 14.3. The van der Waals surface area contributed by atoms with Crippen LogP contribution in [-0.4, -0.2) is 34.9 Å². The van der Waals surface area contributed by atoms with Gasteiger partial charge < -0.3 is 16.6 Å². The van der Waals surface area contributed by atoms with Gasteiger partial charge in [-0.25, -0.2) is 0 Å². The predicted molar refractivity (Wildman–Crippen MR) is 66.8 cm³/mol. The summed E-state index contributed by atoms with van der Waals surface area (Å²) in [6, 6.07) is 4.52. The number of carbonyl (C=O) groups is 2. The van der Waals surface area contributed by atoms with Gasteiger partial charge >= 0.3 is 0 Å². The lowest BCUT2D eigenvalue weighted by molar-refractivity contribution is -0.122. The van der Waals surface area contributed by atoms with Gasteiger partial charge in [0.15, 0.2) is 0 Å². The Morgan fingerprint density at radius 2 is 1.78 bits per heavy atom. The summed E-state index contributed by atoms with van der Waals surface area (Å²) in [6.45, 7) is -0.109. The number of hydrogen-bond donors (Lipinski definition) is 3. The summed E-state index contributed by atoms with van der Waals surface area (Å²) < 4.78 is 0. The Balaban J connectivity index is 2.84. The van der Waals surface area contributed by atoms with Gasteiger partial charge in [-0.2, -0.15) is 0 Å². The zero-order valence-electron chi connectivity index (χ0n) is 9.60. The molecule has 0 aliphatic heterocycles. The van der Waals surface area contributed by atoms with E-state index >= 15 is 0 Å². The molecule has 18 heavy (non-hydrogen) atoms. The highest BCUT2D eigenvalue weighted by atomic mass is 35.5. The van der Waals surface area contributed by atoms with Crippen molar-refractivity contribution in [2.75, 3.05) is 13.1 Å². The predicted octanol–water partition coefficient (Wildman–Crippen LogP) is -0.182. The Labute approximate surface area is 109 Å². The standard InChI is InChI=1S/C11H14ClN3O3/c12-8-1-2-9(16)7(3-8)4-15(5-10(13)17)6-11(14)18/h1-3,16H,4-6H2,(H2,13,17)(H2,14,18). The van der Waals surface area contributed by atoms with Crippen molar-refractivity contribution in [3.8, 4) is 5.75 Å². The summed E-state index contributed by atoms with van der Waals surface area (Å²) in [5.41, 5.74) is 10.6. The van der Waals surface area contributed by atoms with Crippen molar-refractivity contribution in [2.24, 2.45) is 11.5 Å². The van der Waals surface area contributed by atoms with Crippen LogP contribution in [0.3, 0.4) is 0 Å². The number of nitrogens with two attached hydrogens (primary N) is 2. The van der Waals surface area contributed by atoms with Gasteiger partial charge in [-0.1, -0.05) is 11.6 Å². The summed E-state index contributed by atoms with van der Waals surface area (Å²) in [5.74, 6) is -1.14. The minimum atomic E-state index is -0.585. The Morgan fingerprint density at radius 3 is 2.28 bits per heavy atom. The SMILES string of the molecule is NC(=O)CN(CC(N)=O)Cc1cc(Cl)ccc1O. The van der Waals surface area contributed by atoms with Gasteiger partial charge in [-0.15, -0.1) is 0 Å². The Morgan fingerprint density at radius 1 is 1.22 bits per heavy atom. The lowest BCUT2D eigenvalue weighted by atomic mass is 10.2. The van der Waals surface area contributed by atoms with Gasteiger partial charge in [0.25, 0.3) is 0 Å². The summed E-state index contributed by atoms with van der Waals surface area (Å²) in [7, 11) is 0. The number of carbonyl (C=O) groups excluding carboxylic acids is 2. The minimum Gasteiger partial charge on any atom is -0.508 e. The van der Waals surface area contributed by atoms with Gasteiger partial charge in [0, 0.05) is 17.1 Å². The molecule has 1 rings (SSSR count). The van der Waals surface area contributed by atoms with Crippen LogP contribution >= 0.6 is 11.6 Å². The van der Waals surface area contributed by atoms with E-state index in [0.717, 1.165) is 0 Å². The van der Waals surface area contributed by atoms with Crippen LogP contribution in [0.25, 0.3) is 0 Å². The van der Waals surface area contributed by atoms with Crippen molar-refractivity contribution in [1.29, 1.82) is 0 Å². The van der Waals surface area contributed by atoms with Crippen LogP contribution in [0.4, 0.5) is 0 Å². The molecule has 5 N–H and O–H groups in total. The number of halogens is 1. The molecule has 98 valence electrons. The molecule has 2 amide bonds. The van der Waals surface area contributed by atoms with Gasteiger partial charge in [0.05, 0.1) is 13.1 Å². The molecule has 0 aliphatic carbocycles. The van der Waals surface area contributed by atoms with Gasteiger partial charge in [-0.05, 0) is 18.2 Å². The van der Waals surface area contributed by atoms with E-state index < -0.39 is 11.8 Å². The highest BCUT2D eigenvalue weighted by molar-refractivity contribution is 6.30. The summed E-state index contributed by atoms with van der Waals surface area (Å²) in [5, 5.41) is 10.1. The number of hydrogen-bond acceptors (Lipinski definition) is 4. The van der Waals surface area contributed by atoms with Crippen LogP contribution in [0.1, 0.15) is 5.56 Å². The van der Waals surface area contributed by atoms with E-state index in [4.69, 9.17) is 23.1 Å². The van der Waals surface area contributed by atoms with E-state index in [1.807, 2.05) is 0 Å². The van der Waals surface area contributed by atoms with E-state index in [-0.39, 0.29) is 25.4 Å². The average molecular weight is 272 g/mol. The van der Waals surface area contributed by atoms with Gasteiger partial charge in [0.1, 0.15) is 5.75 Å². The number of primary amides is 2. The summed E-state index contributed by atoms with van der Waals surface area (Å²) in [6.07, 6.45) is 0. The third-order valence-electron chi connectivity index (χ3n) is 2.19. The molecule has 0 saturated heterocycles. The average Bonchev–Trinajstić information content (AvgIpc) is 2.21. The molecule has 0 saturated carbocycles. The molecule has 0 radical (unpaired) electrons. The van der Waals surface area contributed by atoms with Crippen molar-refractivity contribution in [3.05, 3.63) is 28.8 Å². The summed E-state index contributed by atoms with van der Waals surface area (Å²) >= 11 is 5.80. The lowest BCUT2D eigenvalue weighted by Gasteiger charge is -2.19. The zero-order chi connectivity index (χ0) is 13.7. The Kier molecular flexibility index (Phi) is 4.94. The number of nitrogens with zero attached hydrogens (tertiary/aromatic N) is 1. The second kappa shape index (κ2) is 6.23. The van der Waals surface area contributed by atoms with E-state index in [0.29, 0.717) is 10.6 Å². The Bertz CT molecular complexity index is 449. The minimum absolute atomic E-state index is 0.0262. The fourth-order valence-corrected chi connectivity index (χ4v) is 1.72. The molecule has 0 aromatic heterocycles. The molecule has 0 spiro atoms. The first-order valence-electron chi connectivity index (χ1n) is 5.15. The lowest BCUT2D eigenvalue weighted by Crippen LogP contribution is -2.39. The highest BCUT2D eigenvalue weighted by Crippen LogP contribution is 2.22. The number of amides is 2. The van der Waals surface area contributed by atoms with Crippen LogP contribution in [0.5, 0.6) is 5.75 Å². The second-order valence-corrected chi connectivity index (χ2v) is 4.29. The molecular formula is C11H14ClN3O3. The molecule has 0 bridgehead atoms. The van der Waals surface area contributed by atoms with Crippen molar-refractivity contribution in [2.45, 2.75) is 6.54 Å². The van der Waals surface area contributed by atoms with Crippen LogP contribution in [0.15, 0.2) is 18.2 Å². The van der Waals surface area contributed by atoms with E-state index in [2.05, 4.69) is 0 Å². The number of phenolic OH excluding ortho intramolecular Hbond substituents is 1. The maximum Gasteiger partial charge on any atom is 0.231 e. The fourth-order valence-electron chi connectivity index (χ4n) is 1.53. The Hall–Kier alpha value is -1.79. The maximum absolute atomic E-state index is 10.9. The van der Waals surface area contributed by atoms with Crippen molar-refractivity contribution in [1.82, 2.24) is 4.90 Å². The van der Waals surface area contributed by atoms with Gasteiger partial charge in [-0.3, -0.25) is 14.5 Å². The molecular weight excluding hydrogens is 258 g/mol. The number of rotatable bonds is 6. The molecule has 0 unspecified atom stereocenters. The van der Waals surface area contributed by atoms with E-state index in [1.165, 1.54) is 17.0 Å². The van der Waals surface area contributed by atoms with Crippen LogP contribution in [-0.2, 0) is 16.1 Å². The quantitative estimate of drug-likeness (QED) is 0.666. The molecule has 7 heteroatoms. The highest BCUT2D eigenvalue weighted by Gasteiger charge is 2.14. The first-order valence-corrected chi connectivity index (χ1v) is 5.52. The van der Waals surface area contributed by atoms with E-state index in [9.17, 15) is 14.7 Å². The maximum atomic E-state index is 10.9. The number of benzene rings is 1. The summed E-state index contributed by atoms with van der Waals surface area (Å²) in [4.78, 5) is 23.2. The van der Waals surface area contributed by atoms with Crippen molar-refractivity contribution >= 4 is 23.4 Å². The topological polar surface area (TPSA) is 110 Å². The van der Waals surface area contributed by atoms with Crippen molar-refractivity contribution < 1.29 is 14.7 Å². The van der Waals surface area contributed by atoms with Crippen LogP contribution < -0.4 is 11.5 Å². The van der Waals surface area contributed by atoms with E-state index in [1.54, 1.807) is 6.07 Å². The fraction of sp³-hybridized carbons (Fsp3) is 0.273. The van der Waals surface area contributed by atoms with Crippen LogP contribution in [0, 0.1) is 0 Å². The second-order valence-electron chi connectivity index (χ2n) is 3.85. The molecule has 0 heterocycles. The zero-order valence-corrected chi connectivity index (χ0v) is 10.4. The molecule has 0 aliphatic rings. The largest absolute Gasteiger partial charge is 0.508 e. The van der Waals surface area contributed by atoms with Crippen LogP contribution in [0.2, 0.25) is 5.02 Å². The molecule has 1 aromatic carbocycles. The molecule has 0 fully saturated rings.